The Hall–Kier alpha value is -2.11. The van der Waals surface area contributed by atoms with E-state index in [1.165, 1.54) is 30.7 Å². The number of hydrogen-bond acceptors (Lipinski definition) is 2. The highest BCUT2D eigenvalue weighted by atomic mass is 19.4. The van der Waals surface area contributed by atoms with Crippen LogP contribution in [0.15, 0.2) is 30.3 Å². The van der Waals surface area contributed by atoms with Gasteiger partial charge >= 0.3 is 12.1 Å². The molecule has 0 atom stereocenters. The Morgan fingerprint density at radius 3 is 2.44 bits per heavy atom. The Morgan fingerprint density at radius 1 is 1.11 bits per heavy atom. The molecule has 1 fully saturated rings. The van der Waals surface area contributed by atoms with E-state index in [-0.39, 0.29) is 28.4 Å². The number of halogens is 4. The average Bonchev–Trinajstić information content (AvgIpc) is 2.61. The van der Waals surface area contributed by atoms with Gasteiger partial charge in [-0.3, -0.25) is 4.79 Å². The van der Waals surface area contributed by atoms with Gasteiger partial charge in [-0.1, -0.05) is 25.8 Å². The van der Waals surface area contributed by atoms with Gasteiger partial charge < -0.3 is 4.74 Å². The molecule has 0 aromatic heterocycles. The first kappa shape index (κ1) is 19.6. The zero-order valence-corrected chi connectivity index (χ0v) is 15.1. The van der Waals surface area contributed by atoms with E-state index in [0.717, 1.165) is 32.1 Å². The van der Waals surface area contributed by atoms with Crippen molar-refractivity contribution in [2.24, 2.45) is 11.8 Å². The molecule has 1 aliphatic rings. The first-order valence-electron chi connectivity index (χ1n) is 9.30. The van der Waals surface area contributed by atoms with Crippen LogP contribution in [0.4, 0.5) is 17.6 Å². The lowest BCUT2D eigenvalue weighted by atomic mass is 9.80. The van der Waals surface area contributed by atoms with Gasteiger partial charge in [0.25, 0.3) is 0 Å². The van der Waals surface area contributed by atoms with Crippen molar-refractivity contribution in [1.29, 1.82) is 0 Å². The minimum absolute atomic E-state index is 0.148. The molecule has 146 valence electrons. The van der Waals surface area contributed by atoms with E-state index in [2.05, 4.69) is 6.92 Å². The Balaban J connectivity index is 1.72. The largest absolute Gasteiger partial charge is 0.426 e. The molecule has 0 heterocycles. The Labute approximate surface area is 155 Å². The molecule has 0 aliphatic heterocycles. The second kappa shape index (κ2) is 7.87. The molecule has 0 spiro atoms. The van der Waals surface area contributed by atoms with Crippen molar-refractivity contribution in [1.82, 2.24) is 0 Å². The fraction of sp³-hybridized carbons (Fsp3) is 0.476. The topological polar surface area (TPSA) is 26.3 Å². The van der Waals surface area contributed by atoms with Gasteiger partial charge in [0.2, 0.25) is 0 Å². The summed E-state index contributed by atoms with van der Waals surface area (Å²) in [7, 11) is 0. The summed E-state index contributed by atoms with van der Waals surface area (Å²) in [5.74, 6) is -0.894. The maximum atomic E-state index is 14.1. The van der Waals surface area contributed by atoms with Crippen LogP contribution in [-0.4, -0.2) is 5.97 Å². The molecule has 0 N–H and O–H groups in total. The molecule has 3 rings (SSSR count). The van der Waals surface area contributed by atoms with E-state index < -0.39 is 17.6 Å². The highest BCUT2D eigenvalue weighted by Crippen LogP contribution is 2.36. The third-order valence-corrected chi connectivity index (χ3v) is 5.33. The van der Waals surface area contributed by atoms with Crippen molar-refractivity contribution < 1.29 is 27.1 Å². The molecule has 1 saturated carbocycles. The lowest BCUT2D eigenvalue weighted by Crippen LogP contribution is -2.25. The maximum Gasteiger partial charge on any atom is 0.419 e. The lowest BCUT2D eigenvalue weighted by molar-refractivity contribution is -0.140. The molecule has 1 aliphatic carbocycles. The second-order valence-corrected chi connectivity index (χ2v) is 7.24. The van der Waals surface area contributed by atoms with E-state index in [1.54, 1.807) is 0 Å². The smallest absolute Gasteiger partial charge is 0.419 e. The van der Waals surface area contributed by atoms with Crippen molar-refractivity contribution in [3.63, 3.8) is 0 Å². The molecular weight excluding hydrogens is 360 g/mol. The van der Waals surface area contributed by atoms with E-state index in [4.69, 9.17) is 4.74 Å². The molecule has 6 heteroatoms. The van der Waals surface area contributed by atoms with Gasteiger partial charge in [-0.15, -0.1) is 0 Å². The van der Waals surface area contributed by atoms with Gasteiger partial charge in [-0.05, 0) is 61.3 Å². The Morgan fingerprint density at radius 2 is 1.81 bits per heavy atom. The monoisotopic (exact) mass is 382 g/mol. The Kier molecular flexibility index (Phi) is 5.72. The number of benzene rings is 2. The summed E-state index contributed by atoms with van der Waals surface area (Å²) in [4.78, 5) is 12.4. The highest BCUT2D eigenvalue weighted by molar-refractivity contribution is 5.86. The van der Waals surface area contributed by atoms with Crippen LogP contribution in [-0.2, 0) is 11.0 Å². The van der Waals surface area contributed by atoms with Crippen LogP contribution in [0.2, 0.25) is 0 Å². The average molecular weight is 382 g/mol. The number of fused-ring (bicyclic) bond motifs is 1. The van der Waals surface area contributed by atoms with Gasteiger partial charge in [-0.25, -0.2) is 4.39 Å². The van der Waals surface area contributed by atoms with E-state index in [1.807, 2.05) is 0 Å². The van der Waals surface area contributed by atoms with Crippen LogP contribution in [0, 0.1) is 17.7 Å². The van der Waals surface area contributed by atoms with E-state index in [0.29, 0.717) is 12.0 Å². The summed E-state index contributed by atoms with van der Waals surface area (Å²) in [5, 5.41) is 0.113. The third-order valence-electron chi connectivity index (χ3n) is 5.33. The molecule has 2 aromatic carbocycles. The van der Waals surface area contributed by atoms with Crippen LogP contribution in [0.5, 0.6) is 5.75 Å². The number of carbonyl (C=O) groups excluding carboxylic acids is 1. The molecule has 0 radical (unpaired) electrons. The Bertz CT molecular complexity index is 821. The van der Waals surface area contributed by atoms with Gasteiger partial charge in [-0.2, -0.15) is 13.2 Å². The predicted molar refractivity (Wildman–Crippen MR) is 94.9 cm³/mol. The zero-order valence-electron chi connectivity index (χ0n) is 15.1. The number of ether oxygens (including phenoxy) is 1. The summed E-state index contributed by atoms with van der Waals surface area (Å²) in [6.45, 7) is 2.15. The quantitative estimate of drug-likeness (QED) is 0.342. The molecule has 0 saturated heterocycles. The third kappa shape index (κ3) is 4.42. The number of esters is 1. The first-order chi connectivity index (χ1) is 12.8. The minimum Gasteiger partial charge on any atom is -0.426 e. The van der Waals surface area contributed by atoms with Gasteiger partial charge in [0.1, 0.15) is 11.6 Å². The SMILES string of the molecule is CCCC1CCC(C(=O)Oc2ccc3c(F)c(C(F)(F)F)ccc3c2)CC1. The molecule has 0 unspecified atom stereocenters. The second-order valence-electron chi connectivity index (χ2n) is 7.24. The number of carbonyl (C=O) groups is 1. The van der Waals surface area contributed by atoms with Crippen LogP contribution in [0.25, 0.3) is 10.8 Å². The predicted octanol–water partition coefficient (Wildman–Crippen LogP) is 6.51. The fourth-order valence-corrected chi connectivity index (χ4v) is 3.85. The normalized spacial score (nSPS) is 20.6. The molecular formula is C21H22F4O2. The maximum absolute atomic E-state index is 14.1. The summed E-state index contributed by atoms with van der Waals surface area (Å²) in [6.07, 6.45) is 1.18. The van der Waals surface area contributed by atoms with Crippen molar-refractivity contribution in [2.75, 3.05) is 0 Å². The standard InChI is InChI=1S/C21H22F4O2/c1-2-3-13-4-6-14(7-5-13)20(26)27-16-9-10-17-15(12-16)8-11-18(19(17)22)21(23,24)25/h8-14H,2-7H2,1H3. The fourth-order valence-electron chi connectivity index (χ4n) is 3.85. The zero-order chi connectivity index (χ0) is 19.6. The molecule has 0 bridgehead atoms. The lowest BCUT2D eigenvalue weighted by Gasteiger charge is -2.26. The van der Waals surface area contributed by atoms with Gasteiger partial charge in [0.15, 0.2) is 0 Å². The van der Waals surface area contributed by atoms with E-state index >= 15 is 0 Å². The summed E-state index contributed by atoms with van der Waals surface area (Å²) in [6, 6.07) is 5.86. The van der Waals surface area contributed by atoms with Crippen LogP contribution < -0.4 is 4.74 Å². The van der Waals surface area contributed by atoms with Gasteiger partial charge in [0.05, 0.1) is 11.5 Å². The van der Waals surface area contributed by atoms with E-state index in [9.17, 15) is 22.4 Å². The number of rotatable bonds is 4. The van der Waals surface area contributed by atoms with Crippen molar-refractivity contribution in [2.45, 2.75) is 51.6 Å². The minimum atomic E-state index is -4.75. The van der Waals surface area contributed by atoms with Gasteiger partial charge in [0, 0.05) is 5.39 Å². The first-order valence-corrected chi connectivity index (χ1v) is 9.30. The summed E-state index contributed by atoms with van der Waals surface area (Å²) < 4.78 is 57.9. The summed E-state index contributed by atoms with van der Waals surface area (Å²) >= 11 is 0. The number of alkyl halides is 3. The molecule has 2 aromatic rings. The number of hydrogen-bond donors (Lipinski definition) is 0. The van der Waals surface area contributed by atoms with Crippen molar-refractivity contribution in [3.05, 3.63) is 41.7 Å². The van der Waals surface area contributed by atoms with Crippen molar-refractivity contribution >= 4 is 16.7 Å². The molecule has 0 amide bonds. The van der Waals surface area contributed by atoms with Crippen molar-refractivity contribution in [3.8, 4) is 5.75 Å². The van der Waals surface area contributed by atoms with Crippen LogP contribution in [0.1, 0.15) is 51.0 Å². The van der Waals surface area contributed by atoms with Crippen LogP contribution in [0.3, 0.4) is 0 Å². The molecule has 27 heavy (non-hydrogen) atoms. The molecule has 2 nitrogen and oxygen atoms in total. The van der Waals surface area contributed by atoms with Crippen LogP contribution >= 0.6 is 0 Å². The summed E-state index contributed by atoms with van der Waals surface area (Å²) in [5.41, 5.74) is -1.30. The highest BCUT2D eigenvalue weighted by Gasteiger charge is 2.34.